The molecule has 0 saturated carbocycles. The molecule has 0 amide bonds. The first kappa shape index (κ1) is 9.97. The number of carbonyl (C=O) groups is 1. The van der Waals surface area contributed by atoms with E-state index in [0.717, 1.165) is 16.7 Å². The Labute approximate surface area is 99.4 Å². The van der Waals surface area contributed by atoms with Crippen LogP contribution < -0.4 is 0 Å². The van der Waals surface area contributed by atoms with Crippen molar-refractivity contribution in [2.75, 3.05) is 0 Å². The third-order valence-corrected chi connectivity index (χ3v) is 3.10. The maximum Gasteiger partial charge on any atom is 0.207 e. The van der Waals surface area contributed by atoms with Crippen LogP contribution in [0.4, 0.5) is 0 Å². The largest absolute Gasteiger partial charge is 0.301 e. The van der Waals surface area contributed by atoms with Gasteiger partial charge in [0.2, 0.25) is 5.78 Å². The Kier molecular flexibility index (Phi) is 2.15. The van der Waals surface area contributed by atoms with Crippen LogP contribution >= 0.6 is 0 Å². The zero-order valence-corrected chi connectivity index (χ0v) is 9.23. The second-order valence-electron chi connectivity index (χ2n) is 4.22. The van der Waals surface area contributed by atoms with Crippen molar-refractivity contribution in [1.29, 1.82) is 5.41 Å². The number of benzene rings is 2. The van der Waals surface area contributed by atoms with Gasteiger partial charge in [-0.2, -0.15) is 0 Å². The van der Waals surface area contributed by atoms with Crippen molar-refractivity contribution in [3.63, 3.8) is 0 Å². The predicted molar refractivity (Wildman–Crippen MR) is 67.6 cm³/mol. The Morgan fingerprint density at radius 3 is 2.47 bits per heavy atom. The van der Waals surface area contributed by atoms with E-state index in [1.807, 2.05) is 48.5 Å². The smallest absolute Gasteiger partial charge is 0.207 e. The van der Waals surface area contributed by atoms with Crippen LogP contribution in [0.2, 0.25) is 0 Å². The number of fused-ring (bicyclic) bond motifs is 1. The summed E-state index contributed by atoms with van der Waals surface area (Å²) < 4.78 is 0. The van der Waals surface area contributed by atoms with Gasteiger partial charge in [-0.05, 0) is 16.7 Å². The normalized spacial score (nSPS) is 13.9. The molecule has 2 aromatic rings. The van der Waals surface area contributed by atoms with Crippen molar-refractivity contribution in [2.24, 2.45) is 0 Å². The van der Waals surface area contributed by atoms with Gasteiger partial charge in [-0.3, -0.25) is 4.79 Å². The topological polar surface area (TPSA) is 40.9 Å². The Morgan fingerprint density at radius 1 is 0.941 bits per heavy atom. The van der Waals surface area contributed by atoms with Gasteiger partial charge in [0.25, 0.3) is 0 Å². The van der Waals surface area contributed by atoms with Crippen molar-refractivity contribution >= 4 is 11.5 Å². The molecule has 3 rings (SSSR count). The lowest BCUT2D eigenvalue weighted by atomic mass is 10.0. The fourth-order valence-corrected chi connectivity index (χ4v) is 2.20. The minimum absolute atomic E-state index is 0.125. The fraction of sp³-hybridized carbons (Fsp3) is 0.0667. The summed E-state index contributed by atoms with van der Waals surface area (Å²) in [4.78, 5) is 11.6. The molecule has 0 radical (unpaired) electrons. The Balaban J connectivity index is 2.10. The van der Waals surface area contributed by atoms with E-state index in [1.54, 1.807) is 0 Å². The third-order valence-electron chi connectivity index (χ3n) is 3.10. The number of rotatable bonds is 1. The molecular formula is C15H11NO. The molecule has 0 bridgehead atoms. The SMILES string of the molecule is N=C1Cc2cc(-c3ccccc3)ccc2C1=O. The Morgan fingerprint density at radius 2 is 1.71 bits per heavy atom. The number of carbonyl (C=O) groups excluding carboxylic acids is 1. The second-order valence-corrected chi connectivity index (χ2v) is 4.22. The minimum atomic E-state index is -0.125. The number of hydrogen-bond donors (Lipinski definition) is 1. The standard InChI is InChI=1S/C15H11NO/c16-14-9-12-8-11(6-7-13(12)15(14)17)10-4-2-1-3-5-10/h1-8,16H,9H2. The van der Waals surface area contributed by atoms with E-state index in [-0.39, 0.29) is 11.5 Å². The van der Waals surface area contributed by atoms with Crippen molar-refractivity contribution in [3.8, 4) is 11.1 Å². The molecule has 82 valence electrons. The van der Waals surface area contributed by atoms with Gasteiger partial charge in [0.1, 0.15) is 0 Å². The molecule has 0 heterocycles. The summed E-state index contributed by atoms with van der Waals surface area (Å²) in [5.41, 5.74) is 4.11. The van der Waals surface area contributed by atoms with Crippen molar-refractivity contribution in [3.05, 3.63) is 59.7 Å². The summed E-state index contributed by atoms with van der Waals surface area (Å²) >= 11 is 0. The van der Waals surface area contributed by atoms with E-state index in [1.165, 1.54) is 0 Å². The van der Waals surface area contributed by atoms with E-state index in [9.17, 15) is 4.79 Å². The molecule has 0 saturated heterocycles. The van der Waals surface area contributed by atoms with Crippen LogP contribution in [0, 0.1) is 5.41 Å². The lowest BCUT2D eigenvalue weighted by Crippen LogP contribution is -2.04. The van der Waals surface area contributed by atoms with E-state index >= 15 is 0 Å². The zero-order chi connectivity index (χ0) is 11.8. The highest BCUT2D eigenvalue weighted by molar-refractivity contribution is 6.48. The summed E-state index contributed by atoms with van der Waals surface area (Å²) in [6.07, 6.45) is 0.467. The molecule has 0 spiro atoms. The van der Waals surface area contributed by atoms with Gasteiger partial charge < -0.3 is 5.41 Å². The molecule has 0 atom stereocenters. The van der Waals surface area contributed by atoms with Crippen LogP contribution in [0.5, 0.6) is 0 Å². The minimum Gasteiger partial charge on any atom is -0.301 e. The van der Waals surface area contributed by atoms with Gasteiger partial charge in [0.15, 0.2) is 0 Å². The summed E-state index contributed by atoms with van der Waals surface area (Å²) in [6.45, 7) is 0. The Hall–Kier alpha value is -2.22. The first-order valence-electron chi connectivity index (χ1n) is 5.56. The molecule has 2 nitrogen and oxygen atoms in total. The van der Waals surface area contributed by atoms with Crippen molar-refractivity contribution < 1.29 is 4.79 Å². The highest BCUT2D eigenvalue weighted by atomic mass is 16.1. The molecule has 1 aliphatic rings. The lowest BCUT2D eigenvalue weighted by molar-refractivity contribution is 0.106. The highest BCUT2D eigenvalue weighted by Crippen LogP contribution is 2.26. The van der Waals surface area contributed by atoms with Gasteiger partial charge in [-0.15, -0.1) is 0 Å². The molecule has 0 fully saturated rings. The number of hydrogen-bond acceptors (Lipinski definition) is 2. The molecule has 2 aromatic carbocycles. The molecule has 0 unspecified atom stereocenters. The first-order chi connectivity index (χ1) is 8.25. The summed E-state index contributed by atoms with van der Waals surface area (Å²) in [7, 11) is 0. The molecule has 0 aromatic heterocycles. The summed E-state index contributed by atoms with van der Waals surface area (Å²) in [6, 6.07) is 15.9. The van der Waals surface area contributed by atoms with E-state index in [0.29, 0.717) is 12.0 Å². The van der Waals surface area contributed by atoms with Gasteiger partial charge in [-0.25, -0.2) is 0 Å². The number of ketones is 1. The number of nitrogens with one attached hydrogen (secondary N) is 1. The van der Waals surface area contributed by atoms with Crippen LogP contribution in [0.1, 0.15) is 15.9 Å². The Bertz CT molecular complexity index is 614. The maximum atomic E-state index is 11.6. The van der Waals surface area contributed by atoms with Crippen LogP contribution in [0.3, 0.4) is 0 Å². The fourth-order valence-electron chi connectivity index (χ4n) is 2.20. The monoisotopic (exact) mass is 221 g/mol. The van der Waals surface area contributed by atoms with Gasteiger partial charge in [0, 0.05) is 12.0 Å². The average molecular weight is 221 g/mol. The molecule has 2 heteroatoms. The van der Waals surface area contributed by atoms with Crippen LogP contribution in [0.25, 0.3) is 11.1 Å². The highest BCUT2D eigenvalue weighted by Gasteiger charge is 2.24. The van der Waals surface area contributed by atoms with Crippen LogP contribution in [-0.4, -0.2) is 11.5 Å². The molecule has 1 aliphatic carbocycles. The average Bonchev–Trinajstić information content (AvgIpc) is 2.66. The number of Topliss-reactive ketones (excluding diaryl/α,β-unsaturated/α-hetero) is 1. The van der Waals surface area contributed by atoms with Crippen molar-refractivity contribution in [1.82, 2.24) is 0 Å². The maximum absolute atomic E-state index is 11.6. The lowest BCUT2D eigenvalue weighted by Gasteiger charge is -2.03. The molecular weight excluding hydrogens is 210 g/mol. The second kappa shape index (κ2) is 3.67. The molecule has 1 N–H and O–H groups in total. The third kappa shape index (κ3) is 1.58. The van der Waals surface area contributed by atoms with Gasteiger partial charge >= 0.3 is 0 Å². The van der Waals surface area contributed by atoms with Crippen LogP contribution in [0.15, 0.2) is 48.5 Å². The predicted octanol–water partition coefficient (Wildman–Crippen LogP) is 3.11. The van der Waals surface area contributed by atoms with Gasteiger partial charge in [0.05, 0.1) is 5.71 Å². The quantitative estimate of drug-likeness (QED) is 0.789. The van der Waals surface area contributed by atoms with E-state index in [4.69, 9.17) is 5.41 Å². The molecule has 0 aliphatic heterocycles. The molecule has 17 heavy (non-hydrogen) atoms. The summed E-state index contributed by atoms with van der Waals surface area (Å²) in [5.74, 6) is -0.125. The summed E-state index contributed by atoms with van der Waals surface area (Å²) in [5, 5.41) is 7.57. The van der Waals surface area contributed by atoms with E-state index in [2.05, 4.69) is 0 Å². The van der Waals surface area contributed by atoms with Crippen LogP contribution in [-0.2, 0) is 6.42 Å². The first-order valence-corrected chi connectivity index (χ1v) is 5.56. The zero-order valence-electron chi connectivity index (χ0n) is 9.23. The van der Waals surface area contributed by atoms with Crippen molar-refractivity contribution in [2.45, 2.75) is 6.42 Å². The van der Waals surface area contributed by atoms with Gasteiger partial charge in [-0.1, -0.05) is 48.5 Å². The van der Waals surface area contributed by atoms with E-state index < -0.39 is 0 Å².